The Morgan fingerprint density at radius 2 is 1.79 bits per heavy atom. The van der Waals surface area contributed by atoms with Crippen molar-refractivity contribution in [2.75, 3.05) is 0 Å². The highest BCUT2D eigenvalue weighted by Gasteiger charge is 2.15. The van der Waals surface area contributed by atoms with Crippen LogP contribution in [-0.2, 0) is 13.1 Å². The fourth-order valence-corrected chi connectivity index (χ4v) is 3.87. The van der Waals surface area contributed by atoms with Gasteiger partial charge in [-0.25, -0.2) is 4.98 Å². The van der Waals surface area contributed by atoms with E-state index < -0.39 is 8.07 Å². The molecule has 102 valence electrons. The van der Waals surface area contributed by atoms with Crippen molar-refractivity contribution >= 4 is 24.6 Å². The number of hydrogen-bond acceptors (Lipinski definition) is 3. The predicted molar refractivity (Wildman–Crippen MR) is 86.8 cm³/mol. The number of nitrogens with zero attached hydrogens (tertiary/aromatic N) is 1. The van der Waals surface area contributed by atoms with E-state index in [1.54, 1.807) is 11.3 Å². The second-order valence-electron chi connectivity index (χ2n) is 5.90. The van der Waals surface area contributed by atoms with Crippen LogP contribution in [0.2, 0.25) is 19.6 Å². The molecule has 19 heavy (non-hydrogen) atoms. The van der Waals surface area contributed by atoms with Crippen LogP contribution in [0.25, 0.3) is 0 Å². The third-order valence-corrected chi connectivity index (χ3v) is 6.10. The minimum Gasteiger partial charge on any atom is -0.308 e. The monoisotopic (exact) mass is 290 g/mol. The number of hydrogen-bond donors (Lipinski definition) is 1. The molecular weight excluding hydrogens is 268 g/mol. The maximum atomic E-state index is 4.26. The molecule has 1 heterocycles. The maximum absolute atomic E-state index is 4.26. The van der Waals surface area contributed by atoms with Crippen LogP contribution in [0.5, 0.6) is 0 Å². The lowest BCUT2D eigenvalue weighted by atomic mass is 10.2. The summed E-state index contributed by atoms with van der Waals surface area (Å²) in [6.07, 6.45) is 1.96. The molecule has 0 aliphatic rings. The van der Waals surface area contributed by atoms with E-state index in [1.165, 1.54) is 15.6 Å². The quantitative estimate of drug-likeness (QED) is 0.855. The molecule has 2 nitrogen and oxygen atoms in total. The summed E-state index contributed by atoms with van der Waals surface area (Å²) in [6, 6.07) is 9.08. The Hall–Kier alpha value is -0.973. The number of benzene rings is 1. The van der Waals surface area contributed by atoms with E-state index in [-0.39, 0.29) is 0 Å². The Balaban J connectivity index is 1.86. The van der Waals surface area contributed by atoms with E-state index >= 15 is 0 Å². The Morgan fingerprint density at radius 1 is 1.11 bits per heavy atom. The van der Waals surface area contributed by atoms with Crippen molar-refractivity contribution in [2.24, 2.45) is 0 Å². The van der Waals surface area contributed by atoms with Gasteiger partial charge in [0.25, 0.3) is 0 Å². The number of aromatic nitrogens is 1. The Kier molecular flexibility index (Phi) is 4.55. The van der Waals surface area contributed by atoms with Gasteiger partial charge < -0.3 is 5.32 Å². The van der Waals surface area contributed by atoms with E-state index in [4.69, 9.17) is 0 Å². The predicted octanol–water partition coefficient (Wildman–Crippen LogP) is 3.29. The molecule has 0 aliphatic heterocycles. The molecule has 1 aromatic carbocycles. The Morgan fingerprint density at radius 3 is 2.32 bits per heavy atom. The van der Waals surface area contributed by atoms with Crippen molar-refractivity contribution in [3.05, 3.63) is 45.9 Å². The van der Waals surface area contributed by atoms with Crippen LogP contribution in [0.3, 0.4) is 0 Å². The van der Waals surface area contributed by atoms with Gasteiger partial charge in [-0.15, -0.1) is 11.3 Å². The second kappa shape index (κ2) is 5.99. The normalized spacial score (nSPS) is 11.8. The Labute approximate surface area is 120 Å². The number of nitrogens with one attached hydrogen (secondary N) is 1. The lowest BCUT2D eigenvalue weighted by molar-refractivity contribution is 0.700. The first-order valence-electron chi connectivity index (χ1n) is 6.66. The van der Waals surface area contributed by atoms with Gasteiger partial charge in [0.05, 0.1) is 13.1 Å². The van der Waals surface area contributed by atoms with Crippen LogP contribution in [0.15, 0.2) is 30.5 Å². The molecule has 2 rings (SSSR count). The van der Waals surface area contributed by atoms with Gasteiger partial charge in [-0.3, -0.25) is 0 Å². The number of thiazole rings is 1. The van der Waals surface area contributed by atoms with E-state index in [9.17, 15) is 0 Å². The SMILES string of the molecule is Cc1ncc(CNCc2ccc([Si](C)(C)C)cc2)s1. The maximum Gasteiger partial charge on any atom is 0.0897 e. The zero-order valence-corrected chi connectivity index (χ0v) is 14.0. The molecule has 0 saturated heterocycles. The molecule has 0 fully saturated rings. The largest absolute Gasteiger partial charge is 0.308 e. The van der Waals surface area contributed by atoms with E-state index in [0.29, 0.717) is 0 Å². The molecule has 0 saturated carbocycles. The summed E-state index contributed by atoms with van der Waals surface area (Å²) in [5.74, 6) is 0. The fourth-order valence-electron chi connectivity index (χ4n) is 1.94. The van der Waals surface area contributed by atoms with Gasteiger partial charge in [-0.05, 0) is 12.5 Å². The molecular formula is C15H22N2SSi. The van der Waals surface area contributed by atoms with Crippen molar-refractivity contribution in [2.45, 2.75) is 39.7 Å². The summed E-state index contributed by atoms with van der Waals surface area (Å²) in [7, 11) is -1.16. The third-order valence-electron chi connectivity index (χ3n) is 3.12. The van der Waals surface area contributed by atoms with Crippen LogP contribution in [0.1, 0.15) is 15.4 Å². The fraction of sp³-hybridized carbons (Fsp3) is 0.400. The summed E-state index contributed by atoms with van der Waals surface area (Å²) < 4.78 is 0. The molecule has 0 spiro atoms. The van der Waals surface area contributed by atoms with E-state index in [2.05, 4.69) is 54.2 Å². The minimum absolute atomic E-state index is 0.904. The smallest absolute Gasteiger partial charge is 0.0897 e. The molecule has 0 bridgehead atoms. The average Bonchev–Trinajstić information content (AvgIpc) is 2.75. The van der Waals surface area contributed by atoms with Crippen molar-refractivity contribution in [3.63, 3.8) is 0 Å². The van der Waals surface area contributed by atoms with Gasteiger partial charge in [0.1, 0.15) is 0 Å². The van der Waals surface area contributed by atoms with Crippen LogP contribution >= 0.6 is 11.3 Å². The highest BCUT2D eigenvalue weighted by Crippen LogP contribution is 2.11. The highest BCUT2D eigenvalue weighted by atomic mass is 32.1. The van der Waals surface area contributed by atoms with Crippen molar-refractivity contribution in [3.8, 4) is 0 Å². The zero-order valence-electron chi connectivity index (χ0n) is 12.2. The molecule has 0 atom stereocenters. The van der Waals surface area contributed by atoms with Crippen molar-refractivity contribution in [1.82, 2.24) is 10.3 Å². The molecule has 0 aliphatic carbocycles. The van der Waals surface area contributed by atoms with Crippen LogP contribution < -0.4 is 10.5 Å². The summed E-state index contributed by atoms with van der Waals surface area (Å²) >= 11 is 1.76. The highest BCUT2D eigenvalue weighted by molar-refractivity contribution is 7.11. The molecule has 2 aromatic rings. The van der Waals surface area contributed by atoms with Crippen molar-refractivity contribution in [1.29, 1.82) is 0 Å². The van der Waals surface area contributed by atoms with Gasteiger partial charge in [-0.2, -0.15) is 0 Å². The lowest BCUT2D eigenvalue weighted by Crippen LogP contribution is -2.37. The first-order chi connectivity index (χ1) is 8.95. The first kappa shape index (κ1) is 14.4. The van der Waals surface area contributed by atoms with Gasteiger partial charge in [-0.1, -0.05) is 49.1 Å². The number of aryl methyl sites for hydroxylation is 1. The van der Waals surface area contributed by atoms with Crippen LogP contribution in [0.4, 0.5) is 0 Å². The van der Waals surface area contributed by atoms with Gasteiger partial charge in [0.2, 0.25) is 0 Å². The molecule has 1 N–H and O–H groups in total. The zero-order chi connectivity index (χ0) is 13.9. The molecule has 0 amide bonds. The van der Waals surface area contributed by atoms with Crippen LogP contribution in [-0.4, -0.2) is 13.1 Å². The molecule has 4 heteroatoms. The van der Waals surface area contributed by atoms with Gasteiger partial charge >= 0.3 is 0 Å². The lowest BCUT2D eigenvalue weighted by Gasteiger charge is -2.16. The Bertz CT molecular complexity index is 526. The third kappa shape index (κ3) is 4.26. The average molecular weight is 291 g/mol. The summed E-state index contributed by atoms with van der Waals surface area (Å²) in [5, 5.41) is 6.13. The van der Waals surface area contributed by atoms with Gasteiger partial charge in [0, 0.05) is 24.2 Å². The van der Waals surface area contributed by atoms with Gasteiger partial charge in [0.15, 0.2) is 0 Å². The summed E-state index contributed by atoms with van der Waals surface area (Å²) in [5.41, 5.74) is 1.35. The number of rotatable bonds is 5. The molecule has 1 aromatic heterocycles. The first-order valence-corrected chi connectivity index (χ1v) is 11.0. The molecule has 0 unspecified atom stereocenters. The van der Waals surface area contributed by atoms with Crippen molar-refractivity contribution < 1.29 is 0 Å². The topological polar surface area (TPSA) is 24.9 Å². The standard InChI is InChI=1S/C15H22N2SSi/c1-12-17-11-14(18-12)10-16-9-13-5-7-15(8-6-13)19(2,3)4/h5-8,11,16H,9-10H2,1-4H3. The van der Waals surface area contributed by atoms with Crippen LogP contribution in [0, 0.1) is 6.92 Å². The summed E-state index contributed by atoms with van der Waals surface area (Å²) in [4.78, 5) is 5.57. The van der Waals surface area contributed by atoms with E-state index in [1.807, 2.05) is 13.1 Å². The van der Waals surface area contributed by atoms with E-state index in [0.717, 1.165) is 18.1 Å². The minimum atomic E-state index is -1.16. The second-order valence-corrected chi connectivity index (χ2v) is 12.3. The summed E-state index contributed by atoms with van der Waals surface area (Å²) in [6.45, 7) is 11.0. The molecule has 0 radical (unpaired) electrons.